The molecule has 0 amide bonds. The predicted molar refractivity (Wildman–Crippen MR) is 85.6 cm³/mol. The van der Waals surface area contributed by atoms with E-state index in [1.807, 2.05) is 11.8 Å². The lowest BCUT2D eigenvalue weighted by atomic mass is 9.75. The Morgan fingerprint density at radius 1 is 1.43 bits per heavy atom. The van der Waals surface area contributed by atoms with Gasteiger partial charge in [-0.05, 0) is 38.9 Å². The van der Waals surface area contributed by atoms with E-state index >= 15 is 0 Å². The highest BCUT2D eigenvalue weighted by atomic mass is 32.2. The molecule has 1 N–H and O–H groups in total. The molecular formula is C15H26N4OS. The number of nitrogens with one attached hydrogen (secondary N) is 1. The van der Waals surface area contributed by atoms with Gasteiger partial charge in [0.1, 0.15) is 0 Å². The Kier molecular flexibility index (Phi) is 4.57. The van der Waals surface area contributed by atoms with Crippen molar-refractivity contribution in [3.63, 3.8) is 0 Å². The van der Waals surface area contributed by atoms with E-state index in [0.717, 1.165) is 37.1 Å². The van der Waals surface area contributed by atoms with Crippen LogP contribution in [0.3, 0.4) is 0 Å². The van der Waals surface area contributed by atoms with Crippen LogP contribution in [0.1, 0.15) is 44.4 Å². The molecule has 3 heterocycles. The van der Waals surface area contributed by atoms with Crippen molar-refractivity contribution in [2.24, 2.45) is 5.92 Å². The highest BCUT2D eigenvalue weighted by Gasteiger charge is 2.38. The summed E-state index contributed by atoms with van der Waals surface area (Å²) in [7, 11) is 2.15. The Bertz CT molecular complexity index is 470. The number of hydrogen-bond donors (Lipinski definition) is 1. The van der Waals surface area contributed by atoms with Gasteiger partial charge in [-0.2, -0.15) is 16.7 Å². The van der Waals surface area contributed by atoms with Crippen LogP contribution in [-0.4, -0.2) is 53.2 Å². The van der Waals surface area contributed by atoms with Gasteiger partial charge in [0, 0.05) is 23.5 Å². The third kappa shape index (κ3) is 3.12. The SMILES string of the molecule is CN1CCSCC1c1noc(C(C)(C)C2CCCNC2)n1. The Morgan fingerprint density at radius 3 is 3.00 bits per heavy atom. The number of rotatable bonds is 3. The molecule has 21 heavy (non-hydrogen) atoms. The smallest absolute Gasteiger partial charge is 0.232 e. The summed E-state index contributed by atoms with van der Waals surface area (Å²) in [6.45, 7) is 7.74. The maximum absolute atomic E-state index is 5.66. The molecule has 2 fully saturated rings. The second-order valence-electron chi connectivity index (χ2n) is 6.79. The van der Waals surface area contributed by atoms with Gasteiger partial charge >= 0.3 is 0 Å². The maximum atomic E-state index is 5.66. The van der Waals surface area contributed by atoms with Crippen LogP contribution < -0.4 is 5.32 Å². The highest BCUT2D eigenvalue weighted by molar-refractivity contribution is 7.99. The van der Waals surface area contributed by atoms with E-state index in [2.05, 4.69) is 36.3 Å². The molecule has 5 nitrogen and oxygen atoms in total. The van der Waals surface area contributed by atoms with Gasteiger partial charge in [-0.25, -0.2) is 0 Å². The van der Waals surface area contributed by atoms with Crippen molar-refractivity contribution >= 4 is 11.8 Å². The van der Waals surface area contributed by atoms with Gasteiger partial charge in [0.05, 0.1) is 6.04 Å². The Hall–Kier alpha value is -0.590. The van der Waals surface area contributed by atoms with Crippen molar-refractivity contribution in [2.75, 3.05) is 38.2 Å². The lowest BCUT2D eigenvalue weighted by Gasteiger charge is -2.34. The zero-order chi connectivity index (χ0) is 14.9. The summed E-state index contributed by atoms with van der Waals surface area (Å²) >= 11 is 1.97. The third-order valence-corrected chi connectivity index (χ3v) is 6.03. The standard InChI is InChI=1S/C15H26N4OS/c1-15(2,11-5-4-6-16-9-11)14-17-13(18-20-14)12-10-21-8-7-19(12)3/h11-12,16H,4-10H2,1-3H3. The minimum atomic E-state index is -0.0565. The molecule has 0 spiro atoms. The number of thioether (sulfide) groups is 1. The van der Waals surface area contributed by atoms with E-state index in [-0.39, 0.29) is 5.41 Å². The van der Waals surface area contributed by atoms with E-state index in [9.17, 15) is 0 Å². The number of hydrogen-bond acceptors (Lipinski definition) is 6. The van der Waals surface area contributed by atoms with E-state index < -0.39 is 0 Å². The summed E-state index contributed by atoms with van der Waals surface area (Å²) < 4.78 is 5.66. The van der Waals surface area contributed by atoms with E-state index in [0.29, 0.717) is 12.0 Å². The van der Waals surface area contributed by atoms with Crippen molar-refractivity contribution in [3.05, 3.63) is 11.7 Å². The zero-order valence-electron chi connectivity index (χ0n) is 13.3. The van der Waals surface area contributed by atoms with Gasteiger partial charge in [-0.3, -0.25) is 4.90 Å². The first-order valence-corrected chi connectivity index (χ1v) is 9.07. The molecule has 0 saturated carbocycles. The molecule has 2 unspecified atom stereocenters. The van der Waals surface area contributed by atoms with E-state index in [4.69, 9.17) is 9.51 Å². The Balaban J connectivity index is 1.76. The fourth-order valence-electron chi connectivity index (χ4n) is 3.23. The molecule has 6 heteroatoms. The molecule has 2 atom stereocenters. The lowest BCUT2D eigenvalue weighted by molar-refractivity contribution is 0.195. The Morgan fingerprint density at radius 2 is 2.29 bits per heavy atom. The number of aromatic nitrogens is 2. The normalized spacial score (nSPS) is 28.7. The van der Waals surface area contributed by atoms with Gasteiger partial charge in [0.15, 0.2) is 5.82 Å². The summed E-state index contributed by atoms with van der Waals surface area (Å²) in [6, 6.07) is 0.293. The van der Waals surface area contributed by atoms with Crippen LogP contribution in [0.5, 0.6) is 0 Å². The third-order valence-electron chi connectivity index (χ3n) is 5.00. The molecule has 2 aliphatic heterocycles. The molecule has 2 aliphatic rings. The molecule has 0 radical (unpaired) electrons. The molecule has 1 aromatic heterocycles. The minimum absolute atomic E-state index is 0.0565. The zero-order valence-corrected chi connectivity index (χ0v) is 14.1. The van der Waals surface area contributed by atoms with Gasteiger partial charge < -0.3 is 9.84 Å². The average molecular weight is 310 g/mol. The second-order valence-corrected chi connectivity index (χ2v) is 7.94. The van der Waals surface area contributed by atoms with E-state index in [1.54, 1.807) is 0 Å². The molecule has 0 aliphatic carbocycles. The average Bonchev–Trinajstić information content (AvgIpc) is 2.99. The first-order valence-electron chi connectivity index (χ1n) is 7.92. The topological polar surface area (TPSA) is 54.2 Å². The molecule has 118 valence electrons. The van der Waals surface area contributed by atoms with Crippen molar-refractivity contribution in [3.8, 4) is 0 Å². The molecule has 3 rings (SSSR count). The van der Waals surface area contributed by atoms with Crippen LogP contribution >= 0.6 is 11.8 Å². The van der Waals surface area contributed by atoms with Crippen LogP contribution in [0.4, 0.5) is 0 Å². The molecule has 1 aromatic rings. The summed E-state index contributed by atoms with van der Waals surface area (Å²) in [5.41, 5.74) is -0.0565. The van der Waals surface area contributed by atoms with Crippen molar-refractivity contribution in [2.45, 2.75) is 38.1 Å². The highest BCUT2D eigenvalue weighted by Crippen LogP contribution is 2.35. The van der Waals surface area contributed by atoms with E-state index in [1.165, 1.54) is 18.6 Å². The fraction of sp³-hybridized carbons (Fsp3) is 0.867. The molecule has 0 aromatic carbocycles. The van der Waals surface area contributed by atoms with Gasteiger partial charge in [0.25, 0.3) is 0 Å². The summed E-state index contributed by atoms with van der Waals surface area (Å²) in [5, 5.41) is 7.78. The monoisotopic (exact) mass is 310 g/mol. The lowest BCUT2D eigenvalue weighted by Crippen LogP contribution is -2.41. The largest absolute Gasteiger partial charge is 0.339 e. The van der Waals surface area contributed by atoms with Crippen LogP contribution in [0.15, 0.2) is 4.52 Å². The van der Waals surface area contributed by atoms with Crippen LogP contribution in [0.25, 0.3) is 0 Å². The van der Waals surface area contributed by atoms with Gasteiger partial charge in [-0.15, -0.1) is 0 Å². The number of piperidine rings is 1. The molecule has 0 bridgehead atoms. The number of nitrogens with zero attached hydrogens (tertiary/aromatic N) is 3. The second kappa shape index (κ2) is 6.26. The van der Waals surface area contributed by atoms with Crippen LogP contribution in [-0.2, 0) is 5.41 Å². The minimum Gasteiger partial charge on any atom is -0.339 e. The quantitative estimate of drug-likeness (QED) is 0.922. The summed E-state index contributed by atoms with van der Waals surface area (Å²) in [5.74, 6) is 4.47. The maximum Gasteiger partial charge on any atom is 0.232 e. The van der Waals surface area contributed by atoms with Crippen LogP contribution in [0.2, 0.25) is 0 Å². The van der Waals surface area contributed by atoms with Gasteiger partial charge in [-0.1, -0.05) is 19.0 Å². The molecule has 2 saturated heterocycles. The Labute approximate surface area is 131 Å². The summed E-state index contributed by atoms with van der Waals surface area (Å²) in [6.07, 6.45) is 2.47. The van der Waals surface area contributed by atoms with Crippen molar-refractivity contribution in [1.29, 1.82) is 0 Å². The first-order chi connectivity index (χ1) is 10.1. The van der Waals surface area contributed by atoms with Crippen molar-refractivity contribution < 1.29 is 4.52 Å². The first kappa shape index (κ1) is 15.3. The van der Waals surface area contributed by atoms with Crippen molar-refractivity contribution in [1.82, 2.24) is 20.4 Å². The fourth-order valence-corrected chi connectivity index (χ4v) is 4.44. The van der Waals surface area contributed by atoms with Crippen LogP contribution in [0, 0.1) is 5.92 Å². The van der Waals surface area contributed by atoms with Gasteiger partial charge in [0.2, 0.25) is 5.89 Å². The summed E-state index contributed by atoms with van der Waals surface area (Å²) in [4.78, 5) is 7.10. The molecular weight excluding hydrogens is 284 g/mol. The predicted octanol–water partition coefficient (Wildman–Crippen LogP) is 2.07.